The highest BCUT2D eigenvalue weighted by molar-refractivity contribution is 7.99. The lowest BCUT2D eigenvalue weighted by atomic mass is 10.1. The maximum absolute atomic E-state index is 12.6. The molecule has 2 N–H and O–H groups in total. The number of hydrogen-bond donors (Lipinski definition) is 2. The molecule has 2 heterocycles. The van der Waals surface area contributed by atoms with Gasteiger partial charge in [0.25, 0.3) is 0 Å². The summed E-state index contributed by atoms with van der Waals surface area (Å²) < 4.78 is 0. The third kappa shape index (κ3) is 9.69. The molecule has 2 aromatic heterocycles. The van der Waals surface area contributed by atoms with Crippen molar-refractivity contribution in [1.82, 2.24) is 9.88 Å². The summed E-state index contributed by atoms with van der Waals surface area (Å²) in [5, 5.41) is 18.0. The molecule has 158 valence electrons. The van der Waals surface area contributed by atoms with Gasteiger partial charge in [-0.2, -0.15) is 0 Å². The summed E-state index contributed by atoms with van der Waals surface area (Å²) in [6, 6.07) is 7.51. The Labute approximate surface area is 178 Å². The Bertz CT molecular complexity index is 782. The maximum Gasteiger partial charge on any atom is 0.414 e. The highest BCUT2D eigenvalue weighted by Crippen LogP contribution is 2.29. The van der Waals surface area contributed by atoms with Crippen LogP contribution in [0.15, 0.2) is 40.9 Å². The molecular formula is C20H26N2O5S2. The number of carbonyl (C=O) groups is 3. The second-order valence-electron chi connectivity index (χ2n) is 6.50. The Morgan fingerprint density at radius 1 is 1.14 bits per heavy atom. The third-order valence-electron chi connectivity index (χ3n) is 3.72. The van der Waals surface area contributed by atoms with Gasteiger partial charge in [0.2, 0.25) is 5.78 Å². The van der Waals surface area contributed by atoms with Gasteiger partial charge in [0.15, 0.2) is 0 Å². The van der Waals surface area contributed by atoms with E-state index in [0.717, 1.165) is 28.4 Å². The van der Waals surface area contributed by atoms with E-state index < -0.39 is 11.9 Å². The number of pyridine rings is 1. The summed E-state index contributed by atoms with van der Waals surface area (Å²) >= 11 is 3.20. The second-order valence-corrected chi connectivity index (χ2v) is 8.88. The normalized spacial score (nSPS) is 11.4. The van der Waals surface area contributed by atoms with Crippen molar-refractivity contribution in [3.8, 4) is 0 Å². The smallest absolute Gasteiger partial charge is 0.414 e. The Balaban J connectivity index is 0.000000612. The molecule has 1 atom stereocenters. The first-order valence-corrected chi connectivity index (χ1v) is 10.8. The van der Waals surface area contributed by atoms with Crippen LogP contribution in [0.2, 0.25) is 0 Å². The number of carboxylic acids is 2. The van der Waals surface area contributed by atoms with Crippen molar-refractivity contribution in [2.75, 3.05) is 20.6 Å². The van der Waals surface area contributed by atoms with Crippen molar-refractivity contribution in [3.63, 3.8) is 0 Å². The van der Waals surface area contributed by atoms with Gasteiger partial charge in [0, 0.05) is 11.4 Å². The number of ketones is 1. The van der Waals surface area contributed by atoms with E-state index >= 15 is 0 Å². The fourth-order valence-electron chi connectivity index (χ4n) is 2.31. The van der Waals surface area contributed by atoms with E-state index in [1.54, 1.807) is 18.0 Å². The number of carbonyl (C=O) groups excluding carboxylic acids is 1. The number of rotatable bonds is 9. The predicted molar refractivity (Wildman–Crippen MR) is 115 cm³/mol. The van der Waals surface area contributed by atoms with Crippen LogP contribution in [0.25, 0.3) is 0 Å². The molecule has 2 rings (SSSR count). The van der Waals surface area contributed by atoms with E-state index in [1.807, 2.05) is 29.6 Å². The van der Waals surface area contributed by atoms with E-state index in [4.69, 9.17) is 19.8 Å². The first-order valence-electron chi connectivity index (χ1n) is 9.03. The van der Waals surface area contributed by atoms with Crippen LogP contribution >= 0.6 is 23.1 Å². The van der Waals surface area contributed by atoms with Crippen LogP contribution in [0.3, 0.4) is 0 Å². The van der Waals surface area contributed by atoms with E-state index in [9.17, 15) is 4.79 Å². The highest BCUT2D eigenvalue weighted by atomic mass is 32.2. The SMILES string of the molecule is CC(CCCCN(C)C)Sc1ncccc1C(=O)c1cccs1.O=C(O)C(=O)O. The molecule has 7 nitrogen and oxygen atoms in total. The number of hydrogen-bond acceptors (Lipinski definition) is 7. The van der Waals surface area contributed by atoms with Gasteiger partial charge >= 0.3 is 11.9 Å². The number of thiophene rings is 1. The Morgan fingerprint density at radius 3 is 2.38 bits per heavy atom. The summed E-state index contributed by atoms with van der Waals surface area (Å²) in [7, 11) is 4.21. The van der Waals surface area contributed by atoms with Crippen molar-refractivity contribution in [1.29, 1.82) is 0 Å². The zero-order chi connectivity index (χ0) is 21.8. The topological polar surface area (TPSA) is 108 Å². The van der Waals surface area contributed by atoms with Gasteiger partial charge in [-0.05, 0) is 57.1 Å². The van der Waals surface area contributed by atoms with E-state index in [-0.39, 0.29) is 5.78 Å². The lowest BCUT2D eigenvalue weighted by Crippen LogP contribution is -2.13. The van der Waals surface area contributed by atoms with Gasteiger partial charge in [0.05, 0.1) is 10.4 Å². The Morgan fingerprint density at radius 2 is 1.83 bits per heavy atom. The zero-order valence-electron chi connectivity index (χ0n) is 16.7. The number of aromatic nitrogens is 1. The van der Waals surface area contributed by atoms with Crippen LogP contribution in [0.4, 0.5) is 0 Å². The van der Waals surface area contributed by atoms with Crippen LogP contribution < -0.4 is 0 Å². The molecule has 0 saturated carbocycles. The summed E-state index contributed by atoms with van der Waals surface area (Å²) in [5.74, 6) is -3.57. The molecule has 9 heteroatoms. The minimum atomic E-state index is -1.82. The molecule has 1 unspecified atom stereocenters. The monoisotopic (exact) mass is 438 g/mol. The predicted octanol–water partition coefficient (Wildman–Crippen LogP) is 3.74. The van der Waals surface area contributed by atoms with Crippen LogP contribution in [0, 0.1) is 0 Å². The Hall–Kier alpha value is -2.23. The molecule has 0 spiro atoms. The standard InChI is InChI=1S/C18H24N2OS2.C2H2O4/c1-14(8-4-5-12-20(2)3)23-18-15(9-6-11-19-18)17(21)16-10-7-13-22-16;3-1(4)2(5)6/h6-7,9-11,13-14H,4-5,8,12H2,1-3H3;(H,3,4)(H,5,6). The number of thioether (sulfide) groups is 1. The van der Waals surface area contributed by atoms with Crippen molar-refractivity contribution >= 4 is 40.8 Å². The molecule has 0 bridgehead atoms. The fraction of sp³-hybridized carbons (Fsp3) is 0.400. The maximum atomic E-state index is 12.6. The van der Waals surface area contributed by atoms with Crippen molar-refractivity contribution in [3.05, 3.63) is 46.3 Å². The average molecular weight is 439 g/mol. The van der Waals surface area contributed by atoms with Gasteiger partial charge < -0.3 is 15.1 Å². The first-order chi connectivity index (χ1) is 13.7. The van der Waals surface area contributed by atoms with Crippen LogP contribution in [-0.2, 0) is 9.59 Å². The number of carboxylic acid groups (broad SMARTS) is 2. The van der Waals surface area contributed by atoms with Crippen molar-refractivity contribution in [2.45, 2.75) is 36.5 Å². The minimum absolute atomic E-state index is 0.0791. The van der Waals surface area contributed by atoms with Crippen LogP contribution in [0.5, 0.6) is 0 Å². The number of unbranched alkanes of at least 4 members (excludes halogenated alkanes) is 1. The quantitative estimate of drug-likeness (QED) is 0.264. The second kappa shape index (κ2) is 13.1. The number of aliphatic carboxylic acids is 2. The van der Waals surface area contributed by atoms with E-state index in [0.29, 0.717) is 5.25 Å². The summed E-state index contributed by atoms with van der Waals surface area (Å²) in [6.07, 6.45) is 5.32. The first kappa shape index (κ1) is 24.8. The van der Waals surface area contributed by atoms with E-state index in [2.05, 4.69) is 30.9 Å². The molecule has 0 saturated heterocycles. The van der Waals surface area contributed by atoms with Crippen LogP contribution in [-0.4, -0.2) is 63.7 Å². The third-order valence-corrected chi connectivity index (χ3v) is 5.78. The summed E-state index contributed by atoms with van der Waals surface area (Å²) in [5.41, 5.74) is 0.722. The Kier molecular flexibility index (Phi) is 11.2. The molecule has 2 aromatic rings. The highest BCUT2D eigenvalue weighted by Gasteiger charge is 2.17. The van der Waals surface area contributed by atoms with Crippen molar-refractivity contribution < 1.29 is 24.6 Å². The number of nitrogens with zero attached hydrogens (tertiary/aromatic N) is 2. The molecule has 0 aliphatic rings. The lowest BCUT2D eigenvalue weighted by Gasteiger charge is -2.14. The summed E-state index contributed by atoms with van der Waals surface area (Å²) in [6.45, 7) is 3.34. The molecule has 0 aliphatic heterocycles. The molecule has 0 aromatic carbocycles. The van der Waals surface area contributed by atoms with Gasteiger partial charge in [-0.25, -0.2) is 14.6 Å². The van der Waals surface area contributed by atoms with Gasteiger partial charge in [0.1, 0.15) is 5.03 Å². The van der Waals surface area contributed by atoms with Gasteiger partial charge in [-0.3, -0.25) is 4.79 Å². The molecular weight excluding hydrogens is 412 g/mol. The van der Waals surface area contributed by atoms with Gasteiger partial charge in [-0.15, -0.1) is 23.1 Å². The minimum Gasteiger partial charge on any atom is -0.473 e. The van der Waals surface area contributed by atoms with E-state index in [1.165, 1.54) is 24.2 Å². The molecule has 0 radical (unpaired) electrons. The largest absolute Gasteiger partial charge is 0.473 e. The molecule has 0 fully saturated rings. The fourth-order valence-corrected chi connectivity index (χ4v) is 4.06. The molecule has 0 aliphatic carbocycles. The zero-order valence-corrected chi connectivity index (χ0v) is 18.3. The summed E-state index contributed by atoms with van der Waals surface area (Å²) in [4.78, 5) is 38.2. The molecule has 29 heavy (non-hydrogen) atoms. The lowest BCUT2D eigenvalue weighted by molar-refractivity contribution is -0.159. The van der Waals surface area contributed by atoms with Gasteiger partial charge in [-0.1, -0.05) is 19.4 Å². The average Bonchev–Trinajstić information content (AvgIpc) is 3.20. The van der Waals surface area contributed by atoms with Crippen LogP contribution in [0.1, 0.15) is 41.4 Å². The van der Waals surface area contributed by atoms with Crippen molar-refractivity contribution in [2.24, 2.45) is 0 Å². The molecule has 0 amide bonds.